The van der Waals surface area contributed by atoms with Gasteiger partial charge >= 0.3 is 0 Å². The lowest BCUT2D eigenvalue weighted by Crippen LogP contribution is -2.23. The molecule has 1 saturated heterocycles. The minimum Gasteiger partial charge on any atom is -0.376 e. The number of thioether (sulfide) groups is 1. The third-order valence-electron chi connectivity index (χ3n) is 6.32. The van der Waals surface area contributed by atoms with Crippen LogP contribution in [-0.4, -0.2) is 27.5 Å². The normalized spacial score (nSPS) is 16.5. The van der Waals surface area contributed by atoms with E-state index in [1.807, 2.05) is 30.3 Å². The highest BCUT2D eigenvalue weighted by atomic mass is 35.5. The molecule has 0 aliphatic carbocycles. The number of aromatic nitrogens is 3. The fourth-order valence-electron chi connectivity index (χ4n) is 4.50. The van der Waals surface area contributed by atoms with E-state index in [9.17, 15) is 0 Å². The second-order valence-corrected chi connectivity index (χ2v) is 10.2. The SMILES string of the molecule is NC(Cc1ccc(Cl)cc1)c1nnc(SCc2ccccc2-c2ccccc2)n1CC1CCCO1. The second-order valence-electron chi connectivity index (χ2n) is 8.84. The summed E-state index contributed by atoms with van der Waals surface area (Å²) < 4.78 is 8.12. The highest BCUT2D eigenvalue weighted by Crippen LogP contribution is 2.31. The van der Waals surface area contributed by atoms with Gasteiger partial charge in [-0.05, 0) is 53.6 Å². The first-order valence-corrected chi connectivity index (χ1v) is 13.3. The summed E-state index contributed by atoms with van der Waals surface area (Å²) in [4.78, 5) is 0. The highest BCUT2D eigenvalue weighted by Gasteiger charge is 2.24. The number of benzene rings is 3. The quantitative estimate of drug-likeness (QED) is 0.270. The molecule has 1 fully saturated rings. The van der Waals surface area contributed by atoms with Gasteiger partial charge in [0.15, 0.2) is 11.0 Å². The Morgan fingerprint density at radius 3 is 2.54 bits per heavy atom. The third-order valence-corrected chi connectivity index (χ3v) is 7.58. The molecule has 35 heavy (non-hydrogen) atoms. The predicted molar refractivity (Wildman–Crippen MR) is 143 cm³/mol. The Morgan fingerprint density at radius 2 is 1.77 bits per heavy atom. The molecule has 1 aliphatic rings. The zero-order valence-electron chi connectivity index (χ0n) is 19.5. The maximum absolute atomic E-state index is 6.65. The van der Waals surface area contributed by atoms with Gasteiger partial charge in [-0.2, -0.15) is 0 Å². The number of nitrogens with zero attached hydrogens (tertiary/aromatic N) is 3. The first-order valence-electron chi connectivity index (χ1n) is 12.0. The highest BCUT2D eigenvalue weighted by molar-refractivity contribution is 7.98. The van der Waals surface area contributed by atoms with E-state index in [1.54, 1.807) is 11.8 Å². The molecule has 180 valence electrons. The molecular weight excluding hydrogens is 476 g/mol. The zero-order valence-corrected chi connectivity index (χ0v) is 21.1. The van der Waals surface area contributed by atoms with Crippen LogP contribution in [0.3, 0.4) is 0 Å². The maximum Gasteiger partial charge on any atom is 0.191 e. The molecule has 0 bridgehead atoms. The van der Waals surface area contributed by atoms with E-state index >= 15 is 0 Å². The van der Waals surface area contributed by atoms with Crippen molar-refractivity contribution in [2.24, 2.45) is 5.73 Å². The Morgan fingerprint density at radius 1 is 1.00 bits per heavy atom. The van der Waals surface area contributed by atoms with Gasteiger partial charge in [0, 0.05) is 17.4 Å². The van der Waals surface area contributed by atoms with Gasteiger partial charge in [0.1, 0.15) is 0 Å². The van der Waals surface area contributed by atoms with Crippen LogP contribution in [0.5, 0.6) is 0 Å². The Labute approximate surface area is 215 Å². The van der Waals surface area contributed by atoms with Crippen LogP contribution in [0.2, 0.25) is 5.02 Å². The lowest BCUT2D eigenvalue weighted by molar-refractivity contribution is 0.0938. The Balaban J connectivity index is 1.38. The van der Waals surface area contributed by atoms with Gasteiger partial charge < -0.3 is 15.0 Å². The topological polar surface area (TPSA) is 66.0 Å². The molecule has 2 unspecified atom stereocenters. The Kier molecular flexibility index (Phi) is 7.84. The van der Waals surface area contributed by atoms with Crippen LogP contribution in [0.1, 0.15) is 35.8 Å². The third kappa shape index (κ3) is 5.96. The van der Waals surface area contributed by atoms with E-state index in [2.05, 4.69) is 63.3 Å². The van der Waals surface area contributed by atoms with Crippen molar-refractivity contribution < 1.29 is 4.74 Å². The maximum atomic E-state index is 6.65. The standard InChI is InChI=1S/C28H29ClN4OS/c29-23-14-12-20(13-15-23)17-26(30)27-31-32-28(33(27)18-24-10-6-16-34-24)35-19-22-9-4-5-11-25(22)21-7-2-1-3-8-21/h1-5,7-9,11-15,24,26H,6,10,16-19,30H2. The number of halogens is 1. The number of ether oxygens (including phenoxy) is 1. The van der Waals surface area contributed by atoms with Crippen molar-refractivity contribution in [1.29, 1.82) is 0 Å². The number of nitrogens with two attached hydrogens (primary N) is 1. The minimum absolute atomic E-state index is 0.170. The molecule has 2 atom stereocenters. The fraction of sp³-hybridized carbons (Fsp3) is 0.286. The minimum atomic E-state index is -0.268. The van der Waals surface area contributed by atoms with E-state index in [0.29, 0.717) is 6.42 Å². The summed E-state index contributed by atoms with van der Waals surface area (Å²) in [5.74, 6) is 1.59. The molecule has 3 aromatic carbocycles. The van der Waals surface area contributed by atoms with E-state index < -0.39 is 0 Å². The molecule has 0 amide bonds. The van der Waals surface area contributed by atoms with E-state index in [4.69, 9.17) is 22.1 Å². The van der Waals surface area contributed by atoms with Crippen LogP contribution in [0.4, 0.5) is 0 Å². The van der Waals surface area contributed by atoms with E-state index in [0.717, 1.165) is 53.3 Å². The molecule has 5 rings (SSSR count). The molecule has 1 aromatic heterocycles. The van der Waals surface area contributed by atoms with Crippen LogP contribution in [-0.2, 0) is 23.5 Å². The summed E-state index contributed by atoms with van der Waals surface area (Å²) in [7, 11) is 0. The van der Waals surface area contributed by atoms with Gasteiger partial charge in [-0.3, -0.25) is 0 Å². The molecule has 1 aliphatic heterocycles. The monoisotopic (exact) mass is 504 g/mol. The van der Waals surface area contributed by atoms with Gasteiger partial charge in [0.25, 0.3) is 0 Å². The van der Waals surface area contributed by atoms with Crippen molar-refractivity contribution in [3.05, 3.63) is 101 Å². The lowest BCUT2D eigenvalue weighted by Gasteiger charge is -2.18. The second kappa shape index (κ2) is 11.4. The first kappa shape index (κ1) is 24.1. The molecule has 0 radical (unpaired) electrons. The zero-order chi connectivity index (χ0) is 24.0. The van der Waals surface area contributed by atoms with Crippen molar-refractivity contribution in [2.45, 2.75) is 48.9 Å². The van der Waals surface area contributed by atoms with Gasteiger partial charge in [-0.1, -0.05) is 90.1 Å². The number of rotatable bonds is 9. The van der Waals surface area contributed by atoms with E-state index in [1.165, 1.54) is 16.7 Å². The van der Waals surface area contributed by atoms with Gasteiger partial charge in [0.2, 0.25) is 0 Å². The van der Waals surface area contributed by atoms with Crippen molar-refractivity contribution in [3.63, 3.8) is 0 Å². The predicted octanol–water partition coefficient (Wildman–Crippen LogP) is 6.31. The lowest BCUT2D eigenvalue weighted by atomic mass is 10.0. The van der Waals surface area contributed by atoms with Crippen LogP contribution in [0, 0.1) is 0 Å². The van der Waals surface area contributed by atoms with Crippen molar-refractivity contribution in [2.75, 3.05) is 6.61 Å². The largest absolute Gasteiger partial charge is 0.376 e. The molecule has 5 nitrogen and oxygen atoms in total. The summed E-state index contributed by atoms with van der Waals surface area (Å²) in [6.45, 7) is 1.53. The summed E-state index contributed by atoms with van der Waals surface area (Å²) in [5.41, 5.74) is 11.5. The van der Waals surface area contributed by atoms with Crippen molar-refractivity contribution in [1.82, 2.24) is 14.8 Å². The molecule has 2 heterocycles. The van der Waals surface area contributed by atoms with Crippen LogP contribution < -0.4 is 5.73 Å². The average Bonchev–Trinajstić information content (AvgIpc) is 3.55. The number of hydrogen-bond donors (Lipinski definition) is 1. The average molecular weight is 505 g/mol. The first-order chi connectivity index (χ1) is 17.2. The van der Waals surface area contributed by atoms with E-state index in [-0.39, 0.29) is 12.1 Å². The molecule has 7 heteroatoms. The Bertz CT molecular complexity index is 1240. The summed E-state index contributed by atoms with van der Waals surface area (Å²) >= 11 is 7.75. The number of hydrogen-bond acceptors (Lipinski definition) is 5. The van der Waals surface area contributed by atoms with Crippen LogP contribution >= 0.6 is 23.4 Å². The molecular formula is C28H29ClN4OS. The van der Waals surface area contributed by atoms with Gasteiger partial charge in [0.05, 0.1) is 18.7 Å². The smallest absolute Gasteiger partial charge is 0.191 e. The Hall–Kier alpha value is -2.64. The van der Waals surface area contributed by atoms with Gasteiger partial charge in [-0.15, -0.1) is 10.2 Å². The fourth-order valence-corrected chi connectivity index (χ4v) is 5.58. The summed E-state index contributed by atoms with van der Waals surface area (Å²) in [6.07, 6.45) is 2.97. The molecule has 0 saturated carbocycles. The molecule has 2 N–H and O–H groups in total. The summed E-state index contributed by atoms with van der Waals surface area (Å²) in [6, 6.07) is 26.6. The van der Waals surface area contributed by atoms with Crippen LogP contribution in [0.25, 0.3) is 11.1 Å². The van der Waals surface area contributed by atoms with Crippen molar-refractivity contribution >= 4 is 23.4 Å². The van der Waals surface area contributed by atoms with Gasteiger partial charge in [-0.25, -0.2) is 0 Å². The van der Waals surface area contributed by atoms with Crippen molar-refractivity contribution in [3.8, 4) is 11.1 Å². The molecule has 0 spiro atoms. The molecule has 4 aromatic rings. The van der Waals surface area contributed by atoms with Crippen LogP contribution in [0.15, 0.2) is 84.0 Å². The summed E-state index contributed by atoms with van der Waals surface area (Å²) in [5, 5.41) is 10.7.